The number of unbranched alkanes of at least 4 members (excludes halogenated alkanes) is 11. The van der Waals surface area contributed by atoms with Crippen LogP contribution < -0.4 is 0 Å². The minimum Gasteiger partial charge on any atom is -0.465 e. The Morgan fingerprint density at radius 1 is 0.712 bits per heavy atom. The largest absolute Gasteiger partial charge is 0.465 e. The molecule has 0 radical (unpaired) electrons. The van der Waals surface area contributed by atoms with E-state index in [1.54, 1.807) is 46.4 Å². The fraction of sp³-hybridized carbons (Fsp3) is 0.881. The zero-order valence-corrected chi connectivity index (χ0v) is 36.9. The van der Waals surface area contributed by atoms with E-state index < -0.39 is 46.0 Å². The van der Waals surface area contributed by atoms with Crippen molar-refractivity contribution in [2.75, 3.05) is 19.0 Å². The maximum atomic E-state index is 13.8. The fourth-order valence-corrected chi connectivity index (χ4v) is 8.62. The molecule has 0 spiro atoms. The number of hydrogen-bond donors (Lipinski definition) is 0. The smallest absolute Gasteiger partial charge is 0.319 e. The summed E-state index contributed by atoms with van der Waals surface area (Å²) in [5, 5.41) is 9.09. The summed E-state index contributed by atoms with van der Waals surface area (Å²) in [5.41, 5.74) is -1.59. The molecule has 0 fully saturated rings. The third-order valence-corrected chi connectivity index (χ3v) is 12.0. The van der Waals surface area contributed by atoms with Gasteiger partial charge in [0.1, 0.15) is 14.4 Å². The number of rotatable bonds is 30. The Morgan fingerprint density at radius 2 is 1.29 bits per heavy atom. The average molecular weight is 786 g/mol. The summed E-state index contributed by atoms with van der Waals surface area (Å²) in [6.07, 6.45) is 18.7. The summed E-state index contributed by atoms with van der Waals surface area (Å²) in [6, 6.07) is 2.29. The molecule has 0 saturated heterocycles. The molecule has 7 nitrogen and oxygen atoms in total. The first-order valence-corrected chi connectivity index (χ1v) is 22.7. The van der Waals surface area contributed by atoms with Gasteiger partial charge < -0.3 is 14.2 Å². The van der Waals surface area contributed by atoms with Gasteiger partial charge in [0, 0.05) is 0 Å². The van der Waals surface area contributed by atoms with Gasteiger partial charge in [-0.1, -0.05) is 135 Å². The lowest BCUT2D eigenvalue weighted by molar-refractivity contribution is -0.162. The van der Waals surface area contributed by atoms with Crippen molar-refractivity contribution in [1.82, 2.24) is 0 Å². The van der Waals surface area contributed by atoms with Gasteiger partial charge in [-0.3, -0.25) is 14.4 Å². The van der Waals surface area contributed by atoms with Gasteiger partial charge in [0.25, 0.3) is 0 Å². The van der Waals surface area contributed by atoms with Crippen LogP contribution in [0.15, 0.2) is 0 Å². The highest BCUT2D eigenvalue weighted by Crippen LogP contribution is 2.35. The molecule has 0 aliphatic heterocycles. The van der Waals surface area contributed by atoms with E-state index in [4.69, 9.17) is 26.4 Å². The number of carbonyl (C=O) groups is 3. The van der Waals surface area contributed by atoms with E-state index in [1.165, 1.54) is 63.1 Å². The standard InChI is InChI=1S/C42H75NO6S3/c1-10-14-17-18-19-20-21-22-23-24-27-51-40(50)52-36(39(46)48-31-33(13-4)25-15-11-2)29-34(38(45)49-41(5,6)7)28-35(30-42(8,9)32-43)37(44)47-26-16-12-3/h33-36H,10-31H2,1-9H3. The molecule has 0 aromatic heterocycles. The second-order valence-corrected chi connectivity index (χ2v) is 19.6. The van der Waals surface area contributed by atoms with Crippen molar-refractivity contribution in [3.63, 3.8) is 0 Å². The van der Waals surface area contributed by atoms with Crippen LogP contribution in [0, 0.1) is 34.5 Å². The van der Waals surface area contributed by atoms with Gasteiger partial charge in [0.05, 0.1) is 36.5 Å². The monoisotopic (exact) mass is 785 g/mol. The molecule has 52 heavy (non-hydrogen) atoms. The van der Waals surface area contributed by atoms with Crippen molar-refractivity contribution in [2.45, 2.75) is 195 Å². The average Bonchev–Trinajstić information content (AvgIpc) is 3.08. The molecule has 0 aromatic carbocycles. The summed E-state index contributed by atoms with van der Waals surface area (Å²) < 4.78 is 18.1. The number of ether oxygens (including phenoxy) is 3. The van der Waals surface area contributed by atoms with Crippen LogP contribution in [0.2, 0.25) is 0 Å². The number of nitrogens with zero attached hydrogens (tertiary/aromatic N) is 1. The molecule has 4 atom stereocenters. The minimum absolute atomic E-state index is 0.0991. The van der Waals surface area contributed by atoms with Crippen LogP contribution in [0.1, 0.15) is 184 Å². The first kappa shape index (κ1) is 50.7. The molecule has 10 heteroatoms. The van der Waals surface area contributed by atoms with Gasteiger partial charge in [-0.25, -0.2) is 0 Å². The van der Waals surface area contributed by atoms with Crippen LogP contribution in [0.25, 0.3) is 0 Å². The molecule has 4 unspecified atom stereocenters. The Labute approximate surface area is 333 Å². The predicted molar refractivity (Wildman–Crippen MR) is 224 cm³/mol. The van der Waals surface area contributed by atoms with E-state index in [0.29, 0.717) is 10.1 Å². The summed E-state index contributed by atoms with van der Waals surface area (Å²) in [4.78, 5) is 41.1. The third-order valence-electron chi connectivity index (χ3n) is 9.17. The van der Waals surface area contributed by atoms with Gasteiger partial charge in [-0.2, -0.15) is 5.26 Å². The SMILES string of the molecule is CCCCCCCCCCCCSC(=S)SC(CC(CC(CC(C)(C)C#N)C(=O)OCCCC)C(=O)OC(C)(C)C)C(=O)OCC(CC)CCCC. The summed E-state index contributed by atoms with van der Waals surface area (Å²) >= 11 is 8.68. The maximum Gasteiger partial charge on any atom is 0.319 e. The lowest BCUT2D eigenvalue weighted by Gasteiger charge is -2.29. The molecule has 0 bridgehead atoms. The highest BCUT2D eigenvalue weighted by atomic mass is 32.2. The van der Waals surface area contributed by atoms with Crippen molar-refractivity contribution in [3.8, 4) is 6.07 Å². The zero-order chi connectivity index (χ0) is 39.4. The molecule has 0 rings (SSSR count). The van der Waals surface area contributed by atoms with Crippen LogP contribution >= 0.6 is 35.7 Å². The van der Waals surface area contributed by atoms with E-state index in [9.17, 15) is 19.6 Å². The van der Waals surface area contributed by atoms with Crippen LogP contribution in [-0.2, 0) is 28.6 Å². The number of esters is 3. The second-order valence-electron chi connectivity index (χ2n) is 16.1. The van der Waals surface area contributed by atoms with Crippen molar-refractivity contribution < 1.29 is 28.6 Å². The number of thioether (sulfide) groups is 2. The molecular formula is C42H75NO6S3. The lowest BCUT2D eigenvalue weighted by Crippen LogP contribution is -2.36. The Hall–Kier alpha value is -1.31. The number of hydrogen-bond acceptors (Lipinski definition) is 10. The quantitative estimate of drug-likeness (QED) is 0.0303. The molecule has 0 heterocycles. The van der Waals surface area contributed by atoms with E-state index in [0.717, 1.165) is 57.1 Å². The van der Waals surface area contributed by atoms with Crippen LogP contribution in [-0.4, -0.2) is 51.3 Å². The van der Waals surface area contributed by atoms with Gasteiger partial charge >= 0.3 is 17.9 Å². The molecule has 0 N–H and O–H groups in total. The summed E-state index contributed by atoms with van der Waals surface area (Å²) in [7, 11) is 0. The van der Waals surface area contributed by atoms with Crippen LogP contribution in [0.5, 0.6) is 0 Å². The van der Waals surface area contributed by atoms with Crippen molar-refractivity contribution >= 4 is 57.2 Å². The van der Waals surface area contributed by atoms with Gasteiger partial charge in [0.2, 0.25) is 0 Å². The predicted octanol–water partition coefficient (Wildman–Crippen LogP) is 12.4. The zero-order valence-electron chi connectivity index (χ0n) is 34.5. The molecule has 0 amide bonds. The third kappa shape index (κ3) is 26.5. The van der Waals surface area contributed by atoms with Gasteiger partial charge in [-0.15, -0.1) is 11.8 Å². The fourth-order valence-electron chi connectivity index (χ4n) is 5.91. The highest BCUT2D eigenvalue weighted by Gasteiger charge is 2.38. The van der Waals surface area contributed by atoms with Crippen molar-refractivity contribution in [1.29, 1.82) is 5.26 Å². The first-order valence-electron chi connectivity index (χ1n) is 20.4. The first-order chi connectivity index (χ1) is 24.6. The molecular weight excluding hydrogens is 711 g/mol. The summed E-state index contributed by atoms with van der Waals surface area (Å²) in [6.45, 7) is 18.1. The molecule has 0 aromatic rings. The number of nitriles is 1. The van der Waals surface area contributed by atoms with Crippen LogP contribution in [0.3, 0.4) is 0 Å². The highest BCUT2D eigenvalue weighted by molar-refractivity contribution is 8.47. The Balaban J connectivity index is 5.98. The maximum absolute atomic E-state index is 13.8. The number of thiocarbonyl (C=S) groups is 1. The topological polar surface area (TPSA) is 103 Å². The van der Waals surface area contributed by atoms with Crippen LogP contribution in [0.4, 0.5) is 0 Å². The Morgan fingerprint density at radius 3 is 1.83 bits per heavy atom. The Bertz CT molecular complexity index is 1040. The molecule has 0 saturated carbocycles. The number of carbonyl (C=O) groups excluding carboxylic acids is 3. The lowest BCUT2D eigenvalue weighted by atomic mass is 9.79. The van der Waals surface area contributed by atoms with E-state index in [-0.39, 0.29) is 31.8 Å². The molecule has 0 aliphatic carbocycles. The van der Waals surface area contributed by atoms with E-state index in [1.807, 2.05) is 6.92 Å². The van der Waals surface area contributed by atoms with Gasteiger partial charge in [-0.05, 0) is 84.8 Å². The Kier molecular flexibility index (Phi) is 29.2. The van der Waals surface area contributed by atoms with Gasteiger partial charge in [0.15, 0.2) is 0 Å². The molecule has 302 valence electrons. The minimum atomic E-state index is -0.819. The molecule has 0 aliphatic rings. The second kappa shape index (κ2) is 30.0. The van der Waals surface area contributed by atoms with E-state index >= 15 is 0 Å². The van der Waals surface area contributed by atoms with E-state index in [2.05, 4.69) is 26.8 Å². The summed E-state index contributed by atoms with van der Waals surface area (Å²) in [5.74, 6) is -1.68. The normalized spacial score (nSPS) is 14.2. The van der Waals surface area contributed by atoms with Crippen molar-refractivity contribution in [3.05, 3.63) is 0 Å². The van der Waals surface area contributed by atoms with Crippen molar-refractivity contribution in [2.24, 2.45) is 23.2 Å².